The van der Waals surface area contributed by atoms with Gasteiger partial charge in [0.05, 0.1) is 24.8 Å². The standard InChI is InChI=1S/C27H26N2O3S/c1-17-11-12-20(15-18(17)2)24-25(19-9-7-6-8-10-19)33-27(29(24)3)28-26(30)21-13-14-22(31-4)23(16-21)32-5/h6-16H,1-5H3. The lowest BCUT2D eigenvalue weighted by molar-refractivity contribution is 0.0997. The van der Waals surface area contributed by atoms with Gasteiger partial charge in [0.25, 0.3) is 5.91 Å². The lowest BCUT2D eigenvalue weighted by Crippen LogP contribution is -2.14. The van der Waals surface area contributed by atoms with E-state index in [-0.39, 0.29) is 5.91 Å². The second-order valence-corrected chi connectivity index (χ2v) is 8.75. The molecule has 0 spiro atoms. The van der Waals surface area contributed by atoms with Gasteiger partial charge in [-0.2, -0.15) is 4.99 Å². The predicted molar refractivity (Wildman–Crippen MR) is 133 cm³/mol. The molecule has 33 heavy (non-hydrogen) atoms. The quantitative estimate of drug-likeness (QED) is 0.380. The van der Waals surface area contributed by atoms with Crippen molar-refractivity contribution in [1.82, 2.24) is 4.57 Å². The highest BCUT2D eigenvalue weighted by molar-refractivity contribution is 7.13. The van der Waals surface area contributed by atoms with Crippen molar-refractivity contribution in [1.29, 1.82) is 0 Å². The Kier molecular flexibility index (Phi) is 6.47. The topological polar surface area (TPSA) is 52.8 Å². The van der Waals surface area contributed by atoms with Gasteiger partial charge in [-0.25, -0.2) is 0 Å². The summed E-state index contributed by atoms with van der Waals surface area (Å²) in [4.78, 5) is 19.2. The molecule has 0 aliphatic carbocycles. The van der Waals surface area contributed by atoms with Crippen LogP contribution in [0.15, 0.2) is 71.7 Å². The third-order valence-electron chi connectivity index (χ3n) is 5.67. The molecule has 1 amide bonds. The molecule has 0 aliphatic heterocycles. The molecule has 4 rings (SSSR count). The number of aromatic nitrogens is 1. The number of hydrogen-bond acceptors (Lipinski definition) is 4. The van der Waals surface area contributed by atoms with Gasteiger partial charge in [0.15, 0.2) is 16.3 Å². The van der Waals surface area contributed by atoms with Crippen molar-refractivity contribution >= 4 is 17.2 Å². The van der Waals surface area contributed by atoms with Crippen LogP contribution in [0.25, 0.3) is 21.7 Å². The summed E-state index contributed by atoms with van der Waals surface area (Å²) < 4.78 is 12.6. The minimum absolute atomic E-state index is 0.334. The summed E-state index contributed by atoms with van der Waals surface area (Å²) in [6.07, 6.45) is 0. The molecule has 0 bridgehead atoms. The molecule has 0 N–H and O–H groups in total. The molecule has 0 saturated heterocycles. The van der Waals surface area contributed by atoms with Crippen LogP contribution in [-0.2, 0) is 7.05 Å². The molecule has 5 nitrogen and oxygen atoms in total. The maximum absolute atomic E-state index is 13.1. The summed E-state index contributed by atoms with van der Waals surface area (Å²) in [7, 11) is 5.06. The molecule has 0 unspecified atom stereocenters. The number of amides is 1. The molecule has 1 aromatic heterocycles. The molecule has 4 aromatic rings. The summed E-state index contributed by atoms with van der Waals surface area (Å²) in [5, 5.41) is 0. The smallest absolute Gasteiger partial charge is 0.279 e. The zero-order valence-corrected chi connectivity index (χ0v) is 20.2. The molecule has 6 heteroatoms. The normalized spacial score (nSPS) is 11.5. The molecule has 0 fully saturated rings. The number of ether oxygens (including phenoxy) is 2. The Bertz CT molecular complexity index is 1380. The Labute approximate surface area is 197 Å². The van der Waals surface area contributed by atoms with Crippen LogP contribution in [0.5, 0.6) is 11.5 Å². The van der Waals surface area contributed by atoms with Gasteiger partial charge >= 0.3 is 0 Å². The van der Waals surface area contributed by atoms with Crippen molar-refractivity contribution in [3.05, 3.63) is 88.2 Å². The number of methoxy groups -OCH3 is 2. The largest absolute Gasteiger partial charge is 0.493 e. The third-order valence-corrected chi connectivity index (χ3v) is 6.86. The van der Waals surface area contributed by atoms with Crippen molar-refractivity contribution in [3.8, 4) is 33.2 Å². The van der Waals surface area contributed by atoms with Crippen LogP contribution in [0, 0.1) is 13.8 Å². The van der Waals surface area contributed by atoms with Gasteiger partial charge in [0.1, 0.15) is 0 Å². The lowest BCUT2D eigenvalue weighted by atomic mass is 10.0. The van der Waals surface area contributed by atoms with Crippen LogP contribution >= 0.6 is 11.3 Å². The van der Waals surface area contributed by atoms with E-state index in [0.29, 0.717) is 21.9 Å². The average Bonchev–Trinajstić information content (AvgIpc) is 3.16. The molecule has 0 aliphatic rings. The van der Waals surface area contributed by atoms with Gasteiger partial charge in [0.2, 0.25) is 0 Å². The van der Waals surface area contributed by atoms with Gasteiger partial charge in [-0.3, -0.25) is 4.79 Å². The first kappa shape index (κ1) is 22.6. The van der Waals surface area contributed by atoms with Crippen molar-refractivity contribution in [2.24, 2.45) is 12.0 Å². The second kappa shape index (κ2) is 9.46. The van der Waals surface area contributed by atoms with Crippen LogP contribution in [0.4, 0.5) is 0 Å². The maximum Gasteiger partial charge on any atom is 0.279 e. The predicted octanol–water partition coefficient (Wildman–Crippen LogP) is 5.80. The summed E-state index contributed by atoms with van der Waals surface area (Å²) in [6, 6.07) is 21.7. The van der Waals surface area contributed by atoms with Gasteiger partial charge < -0.3 is 14.0 Å². The molecule has 3 aromatic carbocycles. The Hall–Kier alpha value is -3.64. The first-order valence-electron chi connectivity index (χ1n) is 10.6. The fraction of sp³-hybridized carbons (Fsp3) is 0.185. The molecular formula is C27H26N2O3S. The van der Waals surface area contributed by atoms with Crippen LogP contribution in [0.2, 0.25) is 0 Å². The van der Waals surface area contributed by atoms with E-state index in [1.54, 1.807) is 32.4 Å². The van der Waals surface area contributed by atoms with E-state index >= 15 is 0 Å². The van der Waals surface area contributed by atoms with Crippen LogP contribution in [0.1, 0.15) is 21.5 Å². The van der Waals surface area contributed by atoms with E-state index in [4.69, 9.17) is 9.47 Å². The minimum atomic E-state index is -0.334. The zero-order valence-electron chi connectivity index (χ0n) is 19.4. The fourth-order valence-electron chi connectivity index (χ4n) is 3.67. The SMILES string of the molecule is COc1ccc(C(=O)N=c2sc(-c3ccccc3)c(-c3ccc(C)c(C)c3)n2C)cc1OC. The molecular weight excluding hydrogens is 432 g/mol. The van der Waals surface area contributed by atoms with Gasteiger partial charge in [-0.05, 0) is 60.4 Å². The second-order valence-electron chi connectivity index (χ2n) is 7.77. The van der Waals surface area contributed by atoms with E-state index < -0.39 is 0 Å². The molecule has 0 saturated carbocycles. The molecule has 0 radical (unpaired) electrons. The Balaban J connectivity index is 1.88. The monoisotopic (exact) mass is 458 g/mol. The van der Waals surface area contributed by atoms with Crippen molar-refractivity contribution < 1.29 is 14.3 Å². The van der Waals surface area contributed by atoms with E-state index in [9.17, 15) is 4.79 Å². The number of benzene rings is 3. The Morgan fingerprint density at radius 3 is 2.24 bits per heavy atom. The molecule has 0 atom stereocenters. The minimum Gasteiger partial charge on any atom is -0.493 e. The van der Waals surface area contributed by atoms with Crippen molar-refractivity contribution in [2.75, 3.05) is 14.2 Å². The number of thiazole rings is 1. The Morgan fingerprint density at radius 1 is 0.848 bits per heavy atom. The maximum atomic E-state index is 13.1. The highest BCUT2D eigenvalue weighted by atomic mass is 32.1. The third kappa shape index (κ3) is 4.47. The van der Waals surface area contributed by atoms with Crippen LogP contribution in [-0.4, -0.2) is 24.7 Å². The summed E-state index contributed by atoms with van der Waals surface area (Å²) in [5.74, 6) is 0.730. The van der Waals surface area contributed by atoms with Gasteiger partial charge in [-0.1, -0.05) is 53.8 Å². The average molecular weight is 459 g/mol. The summed E-state index contributed by atoms with van der Waals surface area (Å²) >= 11 is 1.50. The zero-order chi connectivity index (χ0) is 23.5. The number of hydrogen-bond donors (Lipinski definition) is 0. The number of nitrogens with zero attached hydrogens (tertiary/aromatic N) is 2. The van der Waals surface area contributed by atoms with Crippen molar-refractivity contribution in [3.63, 3.8) is 0 Å². The number of rotatable bonds is 5. The van der Waals surface area contributed by atoms with Crippen LogP contribution < -0.4 is 14.3 Å². The summed E-state index contributed by atoms with van der Waals surface area (Å²) in [6.45, 7) is 4.21. The highest BCUT2D eigenvalue weighted by Gasteiger charge is 2.17. The first-order chi connectivity index (χ1) is 15.9. The van der Waals surface area contributed by atoms with Crippen molar-refractivity contribution in [2.45, 2.75) is 13.8 Å². The molecule has 1 heterocycles. The molecule has 168 valence electrons. The van der Waals surface area contributed by atoms with E-state index in [2.05, 4.69) is 49.2 Å². The van der Waals surface area contributed by atoms with Crippen LogP contribution in [0.3, 0.4) is 0 Å². The first-order valence-corrected chi connectivity index (χ1v) is 11.4. The van der Waals surface area contributed by atoms with E-state index in [0.717, 1.165) is 21.7 Å². The number of carbonyl (C=O) groups is 1. The van der Waals surface area contributed by atoms with E-state index in [1.807, 2.05) is 29.8 Å². The van der Waals surface area contributed by atoms with Gasteiger partial charge in [-0.15, -0.1) is 0 Å². The Morgan fingerprint density at radius 2 is 1.58 bits per heavy atom. The number of carbonyl (C=O) groups excluding carboxylic acids is 1. The number of aryl methyl sites for hydroxylation is 2. The summed E-state index contributed by atoms with van der Waals surface area (Å²) in [5.41, 5.74) is 6.12. The fourth-order valence-corrected chi connectivity index (χ4v) is 4.82. The van der Waals surface area contributed by atoms with Gasteiger partial charge in [0, 0.05) is 12.6 Å². The van der Waals surface area contributed by atoms with E-state index in [1.165, 1.54) is 22.5 Å². The highest BCUT2D eigenvalue weighted by Crippen LogP contribution is 2.35. The lowest BCUT2D eigenvalue weighted by Gasteiger charge is -2.10.